The Labute approximate surface area is 86.2 Å². The lowest BCUT2D eigenvalue weighted by molar-refractivity contribution is 0.293. The van der Waals surface area contributed by atoms with Gasteiger partial charge in [0.2, 0.25) is 0 Å². The highest BCUT2D eigenvalue weighted by atomic mass is 16.5. The van der Waals surface area contributed by atoms with Crippen LogP contribution in [0.25, 0.3) is 0 Å². The molecule has 1 aliphatic heterocycles. The van der Waals surface area contributed by atoms with Crippen LogP contribution in [0.15, 0.2) is 35.3 Å². The monoisotopic (exact) mass is 190 g/mol. The van der Waals surface area contributed by atoms with Crippen molar-refractivity contribution in [1.82, 2.24) is 0 Å². The fraction of sp³-hybridized carbons (Fsp3) is 0.538. The van der Waals surface area contributed by atoms with Crippen molar-refractivity contribution >= 4 is 0 Å². The molecular weight excluding hydrogens is 172 g/mol. The minimum absolute atomic E-state index is 1.09. The first-order chi connectivity index (χ1) is 6.90. The third-order valence-electron chi connectivity index (χ3n) is 2.80. The summed E-state index contributed by atoms with van der Waals surface area (Å²) in [5.41, 5.74) is 1.38. The molecule has 2 aliphatic rings. The Morgan fingerprint density at radius 1 is 1.29 bits per heavy atom. The van der Waals surface area contributed by atoms with Gasteiger partial charge in [-0.05, 0) is 37.0 Å². The minimum Gasteiger partial charge on any atom is -0.462 e. The Morgan fingerprint density at radius 2 is 2.21 bits per heavy atom. The molecule has 14 heavy (non-hydrogen) atoms. The van der Waals surface area contributed by atoms with E-state index in [0.29, 0.717) is 0 Å². The molecular formula is C13H18O. The number of hydrogen-bond donors (Lipinski definition) is 0. The molecule has 0 fully saturated rings. The summed E-state index contributed by atoms with van der Waals surface area (Å²) in [6, 6.07) is 0. The van der Waals surface area contributed by atoms with E-state index >= 15 is 0 Å². The van der Waals surface area contributed by atoms with Gasteiger partial charge >= 0.3 is 0 Å². The molecule has 0 N–H and O–H groups in total. The van der Waals surface area contributed by atoms with Crippen molar-refractivity contribution in [2.45, 2.75) is 45.4 Å². The highest BCUT2D eigenvalue weighted by molar-refractivity contribution is 5.38. The Kier molecular flexibility index (Phi) is 3.07. The Hall–Kier alpha value is -0.980. The maximum absolute atomic E-state index is 5.81. The third-order valence-corrected chi connectivity index (χ3v) is 2.80. The highest BCUT2D eigenvalue weighted by Gasteiger charge is 2.17. The van der Waals surface area contributed by atoms with Crippen LogP contribution in [0.3, 0.4) is 0 Å². The molecule has 2 rings (SSSR count). The molecule has 1 heteroatoms. The zero-order valence-electron chi connectivity index (χ0n) is 8.88. The molecule has 0 spiro atoms. The lowest BCUT2D eigenvalue weighted by atomic mass is 10.1. The first-order valence-electron chi connectivity index (χ1n) is 5.68. The van der Waals surface area contributed by atoms with E-state index in [1.807, 2.05) is 0 Å². The minimum atomic E-state index is 1.09. The van der Waals surface area contributed by atoms with Crippen LogP contribution in [-0.4, -0.2) is 0 Å². The summed E-state index contributed by atoms with van der Waals surface area (Å²) in [5.74, 6) is 2.27. The zero-order valence-corrected chi connectivity index (χ0v) is 8.88. The molecule has 0 bridgehead atoms. The van der Waals surface area contributed by atoms with E-state index in [1.54, 1.807) is 0 Å². The smallest absolute Gasteiger partial charge is 0.126 e. The molecule has 76 valence electrons. The zero-order chi connectivity index (χ0) is 9.80. The van der Waals surface area contributed by atoms with E-state index < -0.39 is 0 Å². The second-order valence-corrected chi connectivity index (χ2v) is 3.99. The largest absolute Gasteiger partial charge is 0.462 e. The van der Waals surface area contributed by atoms with Gasteiger partial charge in [-0.25, -0.2) is 0 Å². The first-order valence-corrected chi connectivity index (χ1v) is 5.68. The van der Waals surface area contributed by atoms with Crippen LogP contribution in [-0.2, 0) is 4.74 Å². The summed E-state index contributed by atoms with van der Waals surface area (Å²) < 4.78 is 5.81. The molecule has 0 amide bonds. The molecule has 0 aromatic carbocycles. The van der Waals surface area contributed by atoms with Gasteiger partial charge in [-0.3, -0.25) is 0 Å². The van der Waals surface area contributed by atoms with Crippen molar-refractivity contribution in [1.29, 1.82) is 0 Å². The standard InChI is InChI=1S/C13H18O/c1-2-3-4-7-12-10-9-11-6-5-8-13(11)14-12/h8-10H,2-7H2,1H3. The maximum atomic E-state index is 5.81. The van der Waals surface area contributed by atoms with Crippen molar-refractivity contribution in [2.75, 3.05) is 0 Å². The van der Waals surface area contributed by atoms with Gasteiger partial charge < -0.3 is 4.74 Å². The molecule has 0 unspecified atom stereocenters. The molecule has 1 heterocycles. The van der Waals surface area contributed by atoms with E-state index in [0.717, 1.165) is 30.8 Å². The van der Waals surface area contributed by atoms with Crippen LogP contribution in [0.2, 0.25) is 0 Å². The van der Waals surface area contributed by atoms with Gasteiger partial charge in [0, 0.05) is 6.42 Å². The first kappa shape index (κ1) is 9.57. The van der Waals surface area contributed by atoms with Crippen LogP contribution in [0.4, 0.5) is 0 Å². The van der Waals surface area contributed by atoms with Gasteiger partial charge in [-0.1, -0.05) is 25.8 Å². The normalized spacial score (nSPS) is 19.4. The fourth-order valence-corrected chi connectivity index (χ4v) is 1.94. The summed E-state index contributed by atoms with van der Waals surface area (Å²) in [7, 11) is 0. The van der Waals surface area contributed by atoms with Gasteiger partial charge in [0.25, 0.3) is 0 Å². The second kappa shape index (κ2) is 4.50. The van der Waals surface area contributed by atoms with Crippen molar-refractivity contribution in [3.05, 3.63) is 35.3 Å². The number of ether oxygens (including phenoxy) is 1. The summed E-state index contributed by atoms with van der Waals surface area (Å²) >= 11 is 0. The van der Waals surface area contributed by atoms with E-state index in [9.17, 15) is 0 Å². The summed E-state index contributed by atoms with van der Waals surface area (Å²) in [4.78, 5) is 0. The number of rotatable bonds is 4. The summed E-state index contributed by atoms with van der Waals surface area (Å²) in [6.07, 6.45) is 13.8. The van der Waals surface area contributed by atoms with E-state index in [4.69, 9.17) is 4.74 Å². The molecule has 1 aliphatic carbocycles. The summed E-state index contributed by atoms with van der Waals surface area (Å²) in [5, 5.41) is 0. The van der Waals surface area contributed by atoms with Crippen LogP contribution in [0, 0.1) is 0 Å². The topological polar surface area (TPSA) is 9.23 Å². The molecule has 0 radical (unpaired) electrons. The average molecular weight is 190 g/mol. The van der Waals surface area contributed by atoms with Gasteiger partial charge in [-0.2, -0.15) is 0 Å². The van der Waals surface area contributed by atoms with Gasteiger partial charge in [0.15, 0.2) is 0 Å². The number of allylic oxidation sites excluding steroid dienone is 5. The van der Waals surface area contributed by atoms with Crippen molar-refractivity contribution < 1.29 is 4.74 Å². The second-order valence-electron chi connectivity index (χ2n) is 3.99. The highest BCUT2D eigenvalue weighted by Crippen LogP contribution is 2.32. The lowest BCUT2D eigenvalue weighted by Crippen LogP contribution is -1.98. The molecule has 0 atom stereocenters. The molecule has 0 aromatic heterocycles. The van der Waals surface area contributed by atoms with E-state index in [-0.39, 0.29) is 0 Å². The molecule has 0 aromatic rings. The van der Waals surface area contributed by atoms with Crippen molar-refractivity contribution in [2.24, 2.45) is 0 Å². The van der Waals surface area contributed by atoms with Gasteiger partial charge in [-0.15, -0.1) is 0 Å². The number of fused-ring (bicyclic) bond motifs is 1. The van der Waals surface area contributed by atoms with Crippen LogP contribution in [0.1, 0.15) is 45.4 Å². The Bertz CT molecular complexity index is 294. The quantitative estimate of drug-likeness (QED) is 0.607. The summed E-state index contributed by atoms with van der Waals surface area (Å²) in [6.45, 7) is 2.23. The number of unbranched alkanes of at least 4 members (excludes halogenated alkanes) is 2. The van der Waals surface area contributed by atoms with E-state index in [2.05, 4.69) is 25.2 Å². The van der Waals surface area contributed by atoms with Crippen LogP contribution >= 0.6 is 0 Å². The molecule has 1 nitrogen and oxygen atoms in total. The SMILES string of the molecule is CCCCCC1=CC=C2CCC=C2O1. The predicted octanol–water partition coefficient (Wildman–Crippen LogP) is 4.08. The third kappa shape index (κ3) is 2.09. The van der Waals surface area contributed by atoms with Crippen molar-refractivity contribution in [3.8, 4) is 0 Å². The molecule has 0 saturated heterocycles. The van der Waals surface area contributed by atoms with Gasteiger partial charge in [0.1, 0.15) is 11.5 Å². The van der Waals surface area contributed by atoms with Crippen LogP contribution < -0.4 is 0 Å². The average Bonchev–Trinajstić information content (AvgIpc) is 2.65. The van der Waals surface area contributed by atoms with Gasteiger partial charge in [0.05, 0.1) is 0 Å². The maximum Gasteiger partial charge on any atom is 0.126 e. The Morgan fingerprint density at radius 3 is 3.07 bits per heavy atom. The predicted molar refractivity (Wildman–Crippen MR) is 58.7 cm³/mol. The lowest BCUT2D eigenvalue weighted by Gasteiger charge is -2.15. The number of hydrogen-bond acceptors (Lipinski definition) is 1. The van der Waals surface area contributed by atoms with E-state index in [1.165, 1.54) is 24.8 Å². The van der Waals surface area contributed by atoms with Crippen molar-refractivity contribution in [3.63, 3.8) is 0 Å². The molecule has 0 saturated carbocycles. The fourth-order valence-electron chi connectivity index (χ4n) is 1.94. The van der Waals surface area contributed by atoms with Crippen LogP contribution in [0.5, 0.6) is 0 Å². The Balaban J connectivity index is 1.90.